The van der Waals surface area contributed by atoms with Crippen LogP contribution in [0, 0.1) is 6.92 Å². The maximum Gasteiger partial charge on any atom is 0.276 e. The van der Waals surface area contributed by atoms with Crippen LogP contribution < -0.4 is 5.32 Å². The second-order valence-electron chi connectivity index (χ2n) is 8.30. The lowest BCUT2D eigenvalue weighted by Crippen LogP contribution is -2.38. The Labute approximate surface area is 184 Å². The first-order valence-corrected chi connectivity index (χ1v) is 10.5. The van der Waals surface area contributed by atoms with Gasteiger partial charge < -0.3 is 14.6 Å². The number of carbonyl (C=O) groups is 2. The number of rotatable bonds is 6. The van der Waals surface area contributed by atoms with Crippen LogP contribution in [0.25, 0.3) is 11.3 Å². The summed E-state index contributed by atoms with van der Waals surface area (Å²) in [6.45, 7) is 5.81. The number of likely N-dealkylation sites (tertiary alicyclic amines) is 1. The molecule has 0 bridgehead atoms. The fourth-order valence-electron chi connectivity index (χ4n) is 3.85. The minimum atomic E-state index is -1.16. The first kappa shape index (κ1) is 21.7. The van der Waals surface area contributed by atoms with Gasteiger partial charge in [0, 0.05) is 18.0 Å². The van der Waals surface area contributed by atoms with Gasteiger partial charge >= 0.3 is 0 Å². The van der Waals surface area contributed by atoms with Gasteiger partial charge in [0.25, 0.3) is 11.8 Å². The molecule has 10 heteroatoms. The SMILES string of the molecule is Cc1cccc(-c2ocnc2C(=O)N2C[C@@H](F)C[C@H]2Cn2cc(C(=O)NC(C)C)nn2)c1. The summed E-state index contributed by atoms with van der Waals surface area (Å²) in [6.07, 6.45) is 1.72. The Morgan fingerprint density at radius 2 is 2.16 bits per heavy atom. The molecule has 1 aliphatic rings. The van der Waals surface area contributed by atoms with Crippen LogP contribution in [0.3, 0.4) is 0 Å². The molecule has 2 atom stereocenters. The molecule has 32 heavy (non-hydrogen) atoms. The summed E-state index contributed by atoms with van der Waals surface area (Å²) in [5.41, 5.74) is 2.06. The van der Waals surface area contributed by atoms with Crippen molar-refractivity contribution in [2.45, 2.75) is 52.0 Å². The van der Waals surface area contributed by atoms with Crippen LogP contribution in [-0.2, 0) is 6.54 Å². The zero-order valence-corrected chi connectivity index (χ0v) is 18.2. The maximum atomic E-state index is 14.3. The molecular formula is C22H25FN6O3. The fraction of sp³-hybridized carbons (Fsp3) is 0.409. The van der Waals surface area contributed by atoms with Crippen LogP contribution in [0.2, 0.25) is 0 Å². The zero-order chi connectivity index (χ0) is 22.8. The molecule has 0 aliphatic carbocycles. The molecule has 1 saturated heterocycles. The smallest absolute Gasteiger partial charge is 0.276 e. The van der Waals surface area contributed by atoms with E-state index >= 15 is 0 Å². The van der Waals surface area contributed by atoms with Crippen molar-refractivity contribution >= 4 is 11.8 Å². The molecule has 1 N–H and O–H groups in total. The average Bonchev–Trinajstić information content (AvgIpc) is 3.47. The third kappa shape index (κ3) is 4.53. The van der Waals surface area contributed by atoms with Crippen LogP contribution in [-0.4, -0.2) is 61.5 Å². The van der Waals surface area contributed by atoms with Crippen molar-refractivity contribution in [3.05, 3.63) is 53.8 Å². The van der Waals surface area contributed by atoms with Crippen molar-refractivity contribution < 1.29 is 18.4 Å². The van der Waals surface area contributed by atoms with Crippen LogP contribution in [0.15, 0.2) is 41.3 Å². The molecule has 3 heterocycles. The molecule has 3 aromatic rings. The van der Waals surface area contributed by atoms with Gasteiger partial charge in [0.15, 0.2) is 23.5 Å². The number of benzene rings is 1. The molecular weight excluding hydrogens is 415 g/mol. The largest absolute Gasteiger partial charge is 0.443 e. The second kappa shape index (κ2) is 8.89. The van der Waals surface area contributed by atoms with Crippen molar-refractivity contribution in [2.75, 3.05) is 6.54 Å². The molecule has 0 unspecified atom stereocenters. The highest BCUT2D eigenvalue weighted by Gasteiger charge is 2.38. The Hall–Kier alpha value is -3.56. The quantitative estimate of drug-likeness (QED) is 0.632. The highest BCUT2D eigenvalue weighted by atomic mass is 19.1. The van der Waals surface area contributed by atoms with Gasteiger partial charge in [-0.15, -0.1) is 5.10 Å². The van der Waals surface area contributed by atoms with E-state index in [0.29, 0.717) is 5.76 Å². The summed E-state index contributed by atoms with van der Waals surface area (Å²) in [7, 11) is 0. The molecule has 168 valence electrons. The number of aromatic nitrogens is 4. The van der Waals surface area contributed by atoms with Crippen molar-refractivity contribution in [1.29, 1.82) is 0 Å². The molecule has 1 fully saturated rings. The minimum absolute atomic E-state index is 0.0343. The number of oxazole rings is 1. The summed E-state index contributed by atoms with van der Waals surface area (Å²) < 4.78 is 21.3. The Bertz CT molecular complexity index is 1120. The Balaban J connectivity index is 1.53. The normalized spacial score (nSPS) is 18.3. The van der Waals surface area contributed by atoms with Crippen LogP contribution in [0.4, 0.5) is 4.39 Å². The lowest BCUT2D eigenvalue weighted by molar-refractivity contribution is 0.0709. The predicted octanol–water partition coefficient (Wildman–Crippen LogP) is 2.63. The Morgan fingerprint density at radius 3 is 2.91 bits per heavy atom. The number of hydrogen-bond donors (Lipinski definition) is 1. The van der Waals surface area contributed by atoms with E-state index in [1.807, 2.05) is 45.0 Å². The van der Waals surface area contributed by atoms with Gasteiger partial charge in [-0.2, -0.15) is 0 Å². The van der Waals surface area contributed by atoms with Gasteiger partial charge in [-0.3, -0.25) is 9.59 Å². The van der Waals surface area contributed by atoms with Crippen LogP contribution in [0.5, 0.6) is 0 Å². The standard InChI is InChI=1S/C22H25FN6O3/c1-13(2)25-21(30)18-11-28(27-26-18)10-17-8-16(23)9-29(17)22(31)19-20(32-12-24-19)15-6-4-5-14(3)7-15/h4-7,11-13,16-17H,8-10H2,1-3H3,(H,25,30)/t16-,17-/m0/s1. The van der Waals surface area contributed by atoms with Crippen molar-refractivity contribution in [3.8, 4) is 11.3 Å². The molecule has 2 amide bonds. The number of aryl methyl sites for hydroxylation is 1. The third-order valence-electron chi connectivity index (χ3n) is 5.26. The number of nitrogens with one attached hydrogen (secondary N) is 1. The topological polar surface area (TPSA) is 106 Å². The van der Waals surface area contributed by atoms with Crippen molar-refractivity contribution in [2.24, 2.45) is 0 Å². The van der Waals surface area contributed by atoms with E-state index in [4.69, 9.17) is 4.42 Å². The van der Waals surface area contributed by atoms with Crippen molar-refractivity contribution in [3.63, 3.8) is 0 Å². The first-order chi connectivity index (χ1) is 15.3. The number of amides is 2. The predicted molar refractivity (Wildman–Crippen MR) is 114 cm³/mol. The van der Waals surface area contributed by atoms with Gasteiger partial charge in [-0.25, -0.2) is 14.1 Å². The molecule has 2 aromatic heterocycles. The fourth-order valence-corrected chi connectivity index (χ4v) is 3.85. The number of halogens is 1. The lowest BCUT2D eigenvalue weighted by atomic mass is 10.1. The molecule has 1 aromatic carbocycles. The molecule has 4 rings (SSSR count). The molecule has 0 radical (unpaired) electrons. The number of alkyl halides is 1. The van der Waals surface area contributed by atoms with E-state index in [1.165, 1.54) is 22.2 Å². The third-order valence-corrected chi connectivity index (χ3v) is 5.26. The number of nitrogens with zero attached hydrogens (tertiary/aromatic N) is 5. The van der Waals surface area contributed by atoms with Crippen LogP contribution in [0.1, 0.15) is 46.8 Å². The molecule has 0 spiro atoms. The van der Waals surface area contributed by atoms with Gasteiger partial charge in [0.1, 0.15) is 6.17 Å². The van der Waals surface area contributed by atoms with Gasteiger partial charge in [-0.05, 0) is 26.8 Å². The van der Waals surface area contributed by atoms with Gasteiger partial charge in [0.2, 0.25) is 0 Å². The van der Waals surface area contributed by atoms with Crippen LogP contribution >= 0.6 is 0 Å². The van der Waals surface area contributed by atoms with E-state index in [0.717, 1.165) is 11.1 Å². The molecule has 0 saturated carbocycles. The highest BCUT2D eigenvalue weighted by molar-refractivity contribution is 5.98. The summed E-state index contributed by atoms with van der Waals surface area (Å²) >= 11 is 0. The summed E-state index contributed by atoms with van der Waals surface area (Å²) in [5, 5.41) is 10.6. The number of hydrogen-bond acceptors (Lipinski definition) is 6. The average molecular weight is 440 g/mol. The lowest BCUT2D eigenvalue weighted by Gasteiger charge is -2.23. The van der Waals surface area contributed by atoms with E-state index in [1.54, 1.807) is 0 Å². The van der Waals surface area contributed by atoms with Crippen molar-refractivity contribution in [1.82, 2.24) is 30.2 Å². The molecule has 1 aliphatic heterocycles. The second-order valence-corrected chi connectivity index (χ2v) is 8.30. The molecule has 9 nitrogen and oxygen atoms in total. The zero-order valence-electron chi connectivity index (χ0n) is 18.2. The minimum Gasteiger partial charge on any atom is -0.443 e. The first-order valence-electron chi connectivity index (χ1n) is 10.5. The summed E-state index contributed by atoms with van der Waals surface area (Å²) in [4.78, 5) is 31.0. The van der Waals surface area contributed by atoms with Gasteiger partial charge in [0.05, 0.1) is 25.3 Å². The maximum absolute atomic E-state index is 14.3. The van der Waals surface area contributed by atoms with E-state index in [9.17, 15) is 14.0 Å². The highest BCUT2D eigenvalue weighted by Crippen LogP contribution is 2.29. The van der Waals surface area contributed by atoms with E-state index in [2.05, 4.69) is 20.6 Å². The Kier molecular flexibility index (Phi) is 6.02. The summed E-state index contributed by atoms with van der Waals surface area (Å²) in [5.74, 6) is -0.384. The van der Waals surface area contributed by atoms with E-state index in [-0.39, 0.29) is 42.8 Å². The monoisotopic (exact) mass is 440 g/mol. The summed E-state index contributed by atoms with van der Waals surface area (Å²) in [6, 6.07) is 7.06. The van der Waals surface area contributed by atoms with Gasteiger partial charge in [-0.1, -0.05) is 29.0 Å². The van der Waals surface area contributed by atoms with E-state index < -0.39 is 18.1 Å². The number of carbonyl (C=O) groups excluding carboxylic acids is 2. The Morgan fingerprint density at radius 1 is 1.34 bits per heavy atom.